The highest BCUT2D eigenvalue weighted by atomic mass is 28.2. The molecule has 0 spiro atoms. The number of hydrogen-bond acceptors (Lipinski definition) is 2. The molecule has 2 rings (SSSR count). The van der Waals surface area contributed by atoms with Gasteiger partial charge < -0.3 is 0 Å². The summed E-state index contributed by atoms with van der Waals surface area (Å²) in [6.45, 7) is 3.21. The molecule has 1 aliphatic carbocycles. The Balaban J connectivity index is 1.67. The number of halogens is 1. The molecule has 0 aromatic carbocycles. The molecule has 1 saturated heterocycles. The van der Waals surface area contributed by atoms with Crippen LogP contribution in [0.4, 0.5) is 4.39 Å². The molecule has 0 radical (unpaired) electrons. The molecular formula is C12H25FN2Si. The van der Waals surface area contributed by atoms with E-state index in [1.54, 1.807) is 0 Å². The first kappa shape index (κ1) is 12.5. The minimum absolute atomic E-state index is 0.396. The van der Waals surface area contributed by atoms with Crippen molar-refractivity contribution in [3.05, 3.63) is 0 Å². The SMILES string of the molecule is CCCCCN1[SiH2]N(C2CCCCC2)C1F. The Morgan fingerprint density at radius 1 is 1.19 bits per heavy atom. The minimum Gasteiger partial charge on any atom is -0.275 e. The predicted molar refractivity (Wildman–Crippen MR) is 68.4 cm³/mol. The van der Waals surface area contributed by atoms with Crippen LogP contribution in [-0.4, -0.2) is 38.0 Å². The largest absolute Gasteiger partial charge is 0.275 e. The second kappa shape index (κ2) is 6.12. The van der Waals surface area contributed by atoms with Crippen molar-refractivity contribution in [1.82, 2.24) is 9.13 Å². The normalized spacial score (nSPS) is 30.8. The van der Waals surface area contributed by atoms with Gasteiger partial charge in [-0.3, -0.25) is 9.13 Å². The molecule has 2 aliphatic rings. The third kappa shape index (κ3) is 2.84. The van der Waals surface area contributed by atoms with Gasteiger partial charge in [0.05, 0.1) is 0 Å². The Kier molecular flexibility index (Phi) is 4.79. The van der Waals surface area contributed by atoms with Gasteiger partial charge in [0.15, 0.2) is 16.3 Å². The first-order valence-electron chi connectivity index (χ1n) is 6.97. The molecular weight excluding hydrogens is 219 g/mol. The lowest BCUT2D eigenvalue weighted by atomic mass is 9.95. The average Bonchev–Trinajstić information content (AvgIpc) is 2.33. The Hall–Kier alpha value is 0.0669. The van der Waals surface area contributed by atoms with E-state index < -0.39 is 16.3 Å². The fourth-order valence-corrected chi connectivity index (χ4v) is 4.69. The molecule has 4 heteroatoms. The molecule has 1 aliphatic heterocycles. The molecule has 0 aromatic heterocycles. The summed E-state index contributed by atoms with van der Waals surface area (Å²) >= 11 is 0. The van der Waals surface area contributed by atoms with Crippen LogP contribution < -0.4 is 0 Å². The third-order valence-corrected chi connectivity index (χ3v) is 6.14. The van der Waals surface area contributed by atoms with E-state index in [2.05, 4.69) is 16.1 Å². The zero-order valence-electron chi connectivity index (χ0n) is 10.5. The van der Waals surface area contributed by atoms with Crippen molar-refractivity contribution in [2.45, 2.75) is 70.8 Å². The molecule has 2 fully saturated rings. The van der Waals surface area contributed by atoms with Crippen LogP contribution in [0.1, 0.15) is 58.3 Å². The Morgan fingerprint density at radius 2 is 1.94 bits per heavy atom. The van der Waals surface area contributed by atoms with Crippen LogP contribution in [0, 0.1) is 0 Å². The standard InChI is InChI=1S/C12H25FN2Si/c1-2-3-7-10-14-12(13)15(16-14)11-8-5-4-6-9-11/h11-12H,2-10,16H2,1H3. The number of rotatable bonds is 5. The molecule has 0 aromatic rings. The zero-order chi connectivity index (χ0) is 11.4. The van der Waals surface area contributed by atoms with E-state index in [-0.39, 0.29) is 0 Å². The number of alkyl halides is 1. The van der Waals surface area contributed by atoms with Gasteiger partial charge >= 0.3 is 0 Å². The monoisotopic (exact) mass is 244 g/mol. The maximum absolute atomic E-state index is 13.9. The van der Waals surface area contributed by atoms with Crippen molar-refractivity contribution in [3.63, 3.8) is 0 Å². The van der Waals surface area contributed by atoms with Crippen LogP contribution in [0.2, 0.25) is 0 Å². The van der Waals surface area contributed by atoms with Crippen LogP contribution in [0.5, 0.6) is 0 Å². The Bertz CT molecular complexity index is 209. The van der Waals surface area contributed by atoms with E-state index in [1.165, 1.54) is 51.4 Å². The van der Waals surface area contributed by atoms with Crippen LogP contribution in [0.3, 0.4) is 0 Å². The van der Waals surface area contributed by atoms with Crippen LogP contribution >= 0.6 is 0 Å². The quantitative estimate of drug-likeness (QED) is 0.416. The Morgan fingerprint density at radius 3 is 2.56 bits per heavy atom. The van der Waals surface area contributed by atoms with Gasteiger partial charge in [0, 0.05) is 6.04 Å². The highest BCUT2D eigenvalue weighted by Gasteiger charge is 2.40. The molecule has 1 saturated carbocycles. The first-order valence-corrected chi connectivity index (χ1v) is 8.23. The van der Waals surface area contributed by atoms with Crippen molar-refractivity contribution in [1.29, 1.82) is 0 Å². The fourth-order valence-electron chi connectivity index (χ4n) is 2.90. The summed E-state index contributed by atoms with van der Waals surface area (Å²) in [5.74, 6) is 0. The van der Waals surface area contributed by atoms with Crippen LogP contribution in [0.15, 0.2) is 0 Å². The molecule has 1 heterocycles. The molecule has 2 nitrogen and oxygen atoms in total. The summed E-state index contributed by atoms with van der Waals surface area (Å²) in [5.41, 5.74) is 0. The molecule has 1 atom stereocenters. The van der Waals surface area contributed by atoms with Gasteiger partial charge in [-0.15, -0.1) is 0 Å². The van der Waals surface area contributed by atoms with Crippen molar-refractivity contribution in [2.75, 3.05) is 6.54 Å². The topological polar surface area (TPSA) is 6.48 Å². The van der Waals surface area contributed by atoms with Gasteiger partial charge in [0.1, 0.15) is 0 Å². The van der Waals surface area contributed by atoms with E-state index in [9.17, 15) is 4.39 Å². The molecule has 16 heavy (non-hydrogen) atoms. The smallest absolute Gasteiger partial charge is 0.199 e. The molecule has 0 N–H and O–H groups in total. The zero-order valence-corrected chi connectivity index (χ0v) is 11.9. The van der Waals surface area contributed by atoms with Gasteiger partial charge in [0.2, 0.25) is 0 Å². The second-order valence-corrected chi connectivity index (χ2v) is 7.10. The fraction of sp³-hybridized carbons (Fsp3) is 1.00. The van der Waals surface area contributed by atoms with E-state index in [4.69, 9.17) is 0 Å². The van der Waals surface area contributed by atoms with Crippen molar-refractivity contribution in [3.8, 4) is 0 Å². The molecule has 0 bridgehead atoms. The summed E-state index contributed by atoms with van der Waals surface area (Å²) in [5, 5.41) is 0. The summed E-state index contributed by atoms with van der Waals surface area (Å²) < 4.78 is 18.3. The lowest BCUT2D eigenvalue weighted by molar-refractivity contribution is -0.0481. The van der Waals surface area contributed by atoms with Crippen LogP contribution in [-0.2, 0) is 0 Å². The van der Waals surface area contributed by atoms with E-state index in [0.29, 0.717) is 6.04 Å². The van der Waals surface area contributed by atoms with Gasteiger partial charge in [-0.25, -0.2) is 4.39 Å². The summed E-state index contributed by atoms with van der Waals surface area (Å²) in [7, 11) is -0.396. The summed E-state index contributed by atoms with van der Waals surface area (Å²) in [4.78, 5) is 0. The van der Waals surface area contributed by atoms with E-state index in [0.717, 1.165) is 6.54 Å². The first-order chi connectivity index (χ1) is 7.83. The average molecular weight is 244 g/mol. The number of hydrogen-bond donors (Lipinski definition) is 0. The number of nitrogens with zero attached hydrogens (tertiary/aromatic N) is 2. The summed E-state index contributed by atoms with van der Waals surface area (Å²) in [6, 6.07) is 0.595. The van der Waals surface area contributed by atoms with Gasteiger partial charge in [-0.1, -0.05) is 39.0 Å². The van der Waals surface area contributed by atoms with Gasteiger partial charge in [-0.05, 0) is 25.8 Å². The summed E-state index contributed by atoms with van der Waals surface area (Å²) in [6.07, 6.45) is 9.44. The lowest BCUT2D eigenvalue weighted by Crippen LogP contribution is -2.67. The van der Waals surface area contributed by atoms with Crippen LogP contribution in [0.25, 0.3) is 0 Å². The number of unbranched alkanes of at least 4 members (excludes halogenated alkanes) is 2. The van der Waals surface area contributed by atoms with Crippen molar-refractivity contribution >= 4 is 9.84 Å². The second-order valence-electron chi connectivity index (χ2n) is 5.28. The lowest BCUT2D eigenvalue weighted by Gasteiger charge is -2.50. The highest BCUT2D eigenvalue weighted by molar-refractivity contribution is 6.32. The van der Waals surface area contributed by atoms with Gasteiger partial charge in [0.25, 0.3) is 0 Å². The minimum atomic E-state index is -0.716. The Labute approximate surface area is 101 Å². The van der Waals surface area contributed by atoms with E-state index in [1.807, 2.05) is 0 Å². The van der Waals surface area contributed by atoms with E-state index >= 15 is 0 Å². The molecule has 1 unspecified atom stereocenters. The third-order valence-electron chi connectivity index (χ3n) is 4.01. The molecule has 94 valence electrons. The highest BCUT2D eigenvalue weighted by Crippen LogP contribution is 2.29. The van der Waals surface area contributed by atoms with Crippen molar-refractivity contribution in [2.24, 2.45) is 0 Å². The van der Waals surface area contributed by atoms with Crippen molar-refractivity contribution < 1.29 is 4.39 Å². The molecule has 0 amide bonds. The maximum Gasteiger partial charge on any atom is 0.199 e. The maximum atomic E-state index is 13.9. The van der Waals surface area contributed by atoms with Gasteiger partial charge in [-0.2, -0.15) is 0 Å². The predicted octanol–water partition coefficient (Wildman–Crippen LogP) is 2.38.